The molecule has 0 saturated carbocycles. The molecule has 42 heavy (non-hydrogen) atoms. The predicted octanol–water partition coefficient (Wildman–Crippen LogP) is 9.56. The summed E-state index contributed by atoms with van der Waals surface area (Å²) in [5.74, 6) is 0. The summed E-state index contributed by atoms with van der Waals surface area (Å²) in [5, 5.41) is 4.80. The van der Waals surface area contributed by atoms with E-state index in [-0.39, 0.29) is 0 Å². The summed E-state index contributed by atoms with van der Waals surface area (Å²) in [4.78, 5) is 18.2. The number of rotatable bonds is 0. The van der Waals surface area contributed by atoms with Gasteiger partial charge in [0.25, 0.3) is 0 Å². The van der Waals surface area contributed by atoms with Crippen LogP contribution in [-0.4, -0.2) is 19.9 Å². The monoisotopic (exact) mass is 538 g/mol. The summed E-state index contributed by atoms with van der Waals surface area (Å²) in [7, 11) is 0. The third kappa shape index (κ3) is 5.34. The number of benzene rings is 6. The molecule has 0 aliphatic rings. The average Bonchev–Trinajstić information content (AvgIpc) is 3.06. The van der Waals surface area contributed by atoms with Gasteiger partial charge in [-0.2, -0.15) is 0 Å². The minimum atomic E-state index is 0.950. The zero-order valence-corrected chi connectivity index (χ0v) is 22.8. The normalized spacial score (nSPS) is 10.9. The van der Waals surface area contributed by atoms with Gasteiger partial charge in [-0.1, -0.05) is 97.1 Å². The first-order chi connectivity index (χ1) is 20.8. The molecular formula is C38H26N4. The molecule has 6 aromatic carbocycles. The Morgan fingerprint density at radius 2 is 0.405 bits per heavy atom. The molecule has 9 aromatic rings. The quantitative estimate of drug-likeness (QED) is 0.180. The first-order valence-electron chi connectivity index (χ1n) is 13.9. The van der Waals surface area contributed by atoms with Crippen molar-refractivity contribution in [2.45, 2.75) is 0 Å². The molecular weight excluding hydrogens is 512 g/mol. The van der Waals surface area contributed by atoms with Gasteiger partial charge in [-0.05, 0) is 60.7 Å². The Morgan fingerprint density at radius 3 is 0.667 bits per heavy atom. The number of hydrogen-bond donors (Lipinski definition) is 0. The summed E-state index contributed by atoms with van der Waals surface area (Å²) < 4.78 is 0. The van der Waals surface area contributed by atoms with E-state index in [0.29, 0.717) is 0 Å². The number of para-hydroxylation sites is 8. The van der Waals surface area contributed by atoms with Crippen molar-refractivity contribution < 1.29 is 0 Å². The van der Waals surface area contributed by atoms with E-state index in [1.54, 1.807) is 0 Å². The van der Waals surface area contributed by atoms with Gasteiger partial charge in [0.2, 0.25) is 0 Å². The Kier molecular flexibility index (Phi) is 6.85. The molecule has 0 aliphatic carbocycles. The second-order valence-electron chi connectivity index (χ2n) is 9.95. The van der Waals surface area contributed by atoms with Crippen LogP contribution in [0.25, 0.3) is 65.7 Å². The van der Waals surface area contributed by atoms with Crippen molar-refractivity contribution in [2.24, 2.45) is 0 Å². The van der Waals surface area contributed by atoms with E-state index < -0.39 is 0 Å². The Labute approximate surface area is 243 Å². The number of aromatic nitrogens is 4. The largest absolute Gasteiger partial charge is 0.248 e. The van der Waals surface area contributed by atoms with Crippen LogP contribution < -0.4 is 0 Å². The first-order valence-corrected chi connectivity index (χ1v) is 13.9. The number of nitrogens with zero attached hydrogens (tertiary/aromatic N) is 4. The van der Waals surface area contributed by atoms with Gasteiger partial charge in [0.05, 0.1) is 44.1 Å². The molecule has 3 aromatic heterocycles. The Morgan fingerprint density at radius 1 is 0.214 bits per heavy atom. The lowest BCUT2D eigenvalue weighted by molar-refractivity contribution is 1.39. The van der Waals surface area contributed by atoms with E-state index in [0.717, 1.165) is 44.1 Å². The minimum absolute atomic E-state index is 0.950. The maximum Gasteiger partial charge on any atom is 0.0894 e. The summed E-state index contributed by atoms with van der Waals surface area (Å²) in [6, 6.07) is 53.0. The van der Waals surface area contributed by atoms with E-state index in [1.165, 1.54) is 21.5 Å². The topological polar surface area (TPSA) is 51.6 Å². The van der Waals surface area contributed by atoms with Crippen LogP contribution in [0.3, 0.4) is 0 Å². The smallest absolute Gasteiger partial charge is 0.0894 e. The molecule has 3 heterocycles. The fourth-order valence-electron chi connectivity index (χ4n) is 5.01. The molecule has 0 amide bonds. The highest BCUT2D eigenvalue weighted by Gasteiger charge is 1.99. The van der Waals surface area contributed by atoms with Gasteiger partial charge >= 0.3 is 0 Å². The van der Waals surface area contributed by atoms with E-state index in [4.69, 9.17) is 0 Å². The average molecular weight is 539 g/mol. The molecule has 0 aliphatic heterocycles. The van der Waals surface area contributed by atoms with Gasteiger partial charge < -0.3 is 0 Å². The van der Waals surface area contributed by atoms with Crippen LogP contribution in [0.15, 0.2) is 158 Å². The van der Waals surface area contributed by atoms with Gasteiger partial charge in [-0.3, -0.25) is 0 Å². The maximum absolute atomic E-state index is 4.58. The zero-order valence-electron chi connectivity index (χ0n) is 22.8. The molecule has 198 valence electrons. The lowest BCUT2D eigenvalue weighted by atomic mass is 10.1. The first kappa shape index (κ1) is 25.2. The fourth-order valence-corrected chi connectivity index (χ4v) is 5.01. The van der Waals surface area contributed by atoms with E-state index >= 15 is 0 Å². The highest BCUT2D eigenvalue weighted by molar-refractivity contribution is 5.93. The molecule has 0 spiro atoms. The maximum atomic E-state index is 4.58. The SMILES string of the molecule is c1ccc2nc3ccccc3cc2c1.c1ccc2nc3ccccc3cc2c1.c1ccc2nc3ccccc3nc2c1. The van der Waals surface area contributed by atoms with E-state index in [2.05, 4.69) is 56.3 Å². The summed E-state index contributed by atoms with van der Waals surface area (Å²) in [5.41, 5.74) is 8.05. The number of fused-ring (bicyclic) bond motifs is 6. The van der Waals surface area contributed by atoms with Crippen molar-refractivity contribution in [3.8, 4) is 0 Å². The third-order valence-electron chi connectivity index (χ3n) is 7.10. The zero-order chi connectivity index (χ0) is 28.1. The molecule has 0 unspecified atom stereocenters. The van der Waals surface area contributed by atoms with Crippen LogP contribution in [0.2, 0.25) is 0 Å². The van der Waals surface area contributed by atoms with Crippen LogP contribution in [0.5, 0.6) is 0 Å². The van der Waals surface area contributed by atoms with Crippen LogP contribution in [0.1, 0.15) is 0 Å². The summed E-state index contributed by atoms with van der Waals surface area (Å²) in [6.45, 7) is 0. The molecule has 0 bridgehead atoms. The van der Waals surface area contributed by atoms with E-state index in [9.17, 15) is 0 Å². The second kappa shape index (κ2) is 11.4. The third-order valence-corrected chi connectivity index (χ3v) is 7.10. The minimum Gasteiger partial charge on any atom is -0.248 e. The predicted molar refractivity (Wildman–Crippen MR) is 176 cm³/mol. The molecule has 0 atom stereocenters. The standard InChI is InChI=1S/2C13H9N.C12H8N2/c2*1-3-7-12-10(5-1)9-11-6-2-4-8-13(11)14-12;1-2-6-10-9(5-1)13-11-7-3-4-8-12(11)14-10/h2*1-9H;1-8H. The van der Waals surface area contributed by atoms with Crippen LogP contribution >= 0.6 is 0 Å². The van der Waals surface area contributed by atoms with Crippen molar-refractivity contribution in [1.29, 1.82) is 0 Å². The van der Waals surface area contributed by atoms with E-state index in [1.807, 2.05) is 121 Å². The van der Waals surface area contributed by atoms with Crippen LogP contribution in [0, 0.1) is 0 Å². The molecule has 0 N–H and O–H groups in total. The van der Waals surface area contributed by atoms with Crippen molar-refractivity contribution in [3.05, 3.63) is 158 Å². The Hall–Kier alpha value is -5.74. The molecule has 0 fully saturated rings. The highest BCUT2D eigenvalue weighted by atomic mass is 14.8. The Balaban J connectivity index is 0.000000103. The lowest BCUT2D eigenvalue weighted by Crippen LogP contribution is -1.85. The molecule has 0 saturated heterocycles. The molecule has 4 heteroatoms. The highest BCUT2D eigenvalue weighted by Crippen LogP contribution is 2.20. The molecule has 9 rings (SSSR count). The van der Waals surface area contributed by atoms with Crippen LogP contribution in [-0.2, 0) is 0 Å². The van der Waals surface area contributed by atoms with Crippen molar-refractivity contribution >= 4 is 65.7 Å². The lowest BCUT2D eigenvalue weighted by Gasteiger charge is -1.99. The summed E-state index contributed by atoms with van der Waals surface area (Å²) in [6.07, 6.45) is 0. The number of pyridine rings is 2. The van der Waals surface area contributed by atoms with Gasteiger partial charge in [-0.25, -0.2) is 19.9 Å². The summed E-state index contributed by atoms with van der Waals surface area (Å²) >= 11 is 0. The Bertz CT molecular complexity index is 1750. The van der Waals surface area contributed by atoms with Gasteiger partial charge in [0, 0.05) is 21.5 Å². The van der Waals surface area contributed by atoms with Gasteiger partial charge in [-0.15, -0.1) is 0 Å². The van der Waals surface area contributed by atoms with Gasteiger partial charge in [0.15, 0.2) is 0 Å². The van der Waals surface area contributed by atoms with Crippen LogP contribution in [0.4, 0.5) is 0 Å². The van der Waals surface area contributed by atoms with Gasteiger partial charge in [0.1, 0.15) is 0 Å². The second-order valence-corrected chi connectivity index (χ2v) is 9.95. The van der Waals surface area contributed by atoms with Crippen molar-refractivity contribution in [1.82, 2.24) is 19.9 Å². The molecule has 0 radical (unpaired) electrons. The fraction of sp³-hybridized carbons (Fsp3) is 0. The molecule has 4 nitrogen and oxygen atoms in total. The van der Waals surface area contributed by atoms with Crippen molar-refractivity contribution in [2.75, 3.05) is 0 Å². The van der Waals surface area contributed by atoms with Crippen molar-refractivity contribution in [3.63, 3.8) is 0 Å². The number of hydrogen-bond acceptors (Lipinski definition) is 4.